The molecule has 0 aliphatic carbocycles. The molecule has 6 nitrogen and oxygen atoms in total. The zero-order valence-electron chi connectivity index (χ0n) is 12.2. The van der Waals surface area contributed by atoms with Gasteiger partial charge in [0.05, 0.1) is 26.7 Å². The van der Waals surface area contributed by atoms with Gasteiger partial charge in [-0.05, 0) is 32.6 Å². The molecule has 0 aromatic rings. The lowest BCUT2D eigenvalue weighted by Crippen LogP contribution is -2.47. The third kappa shape index (κ3) is 17.3. The molecule has 3 N–H and O–H groups in total. The van der Waals surface area contributed by atoms with Crippen LogP contribution in [0, 0.1) is 0 Å². The average molecular weight is 279 g/mol. The Morgan fingerprint density at radius 1 is 0.895 bits per heavy atom. The van der Waals surface area contributed by atoms with Crippen LogP contribution in [-0.4, -0.2) is 72.3 Å². The van der Waals surface area contributed by atoms with Crippen molar-refractivity contribution in [3.63, 3.8) is 0 Å². The third-order valence-corrected chi connectivity index (χ3v) is 2.85. The Labute approximate surface area is 115 Å². The fourth-order valence-electron chi connectivity index (χ4n) is 1.79. The first-order valence-electron chi connectivity index (χ1n) is 6.75. The van der Waals surface area contributed by atoms with Crippen LogP contribution in [0.15, 0.2) is 0 Å². The topological polar surface area (TPSA) is 101 Å². The lowest BCUT2D eigenvalue weighted by molar-refractivity contribution is -0.910. The fraction of sp³-hybridized carbons (Fsp3) is 0.923. The van der Waals surface area contributed by atoms with E-state index in [1.807, 2.05) is 0 Å². The van der Waals surface area contributed by atoms with Crippen molar-refractivity contribution in [2.45, 2.75) is 32.6 Å². The second-order valence-corrected chi connectivity index (χ2v) is 4.87. The van der Waals surface area contributed by atoms with Gasteiger partial charge in [-0.3, -0.25) is 0 Å². The molecule has 0 atom stereocenters. The Morgan fingerprint density at radius 2 is 1.26 bits per heavy atom. The Morgan fingerprint density at radius 3 is 1.53 bits per heavy atom. The molecule has 6 heteroatoms. The number of carboxylic acid groups (broad SMARTS) is 1. The highest BCUT2D eigenvalue weighted by Gasteiger charge is 2.19. The summed E-state index contributed by atoms with van der Waals surface area (Å²) < 4.78 is 0.844. The summed E-state index contributed by atoms with van der Waals surface area (Å²) >= 11 is 0. The molecule has 0 aliphatic rings. The maximum absolute atomic E-state index is 9.00. The van der Waals surface area contributed by atoms with Gasteiger partial charge in [0.2, 0.25) is 0 Å². The van der Waals surface area contributed by atoms with Crippen LogP contribution < -0.4 is 5.11 Å². The zero-order valence-corrected chi connectivity index (χ0v) is 12.2. The number of likely N-dealkylation sites (N-methyl/N-ethyl adjacent to an activating group) is 1. The minimum Gasteiger partial charge on any atom is -0.550 e. The number of carbonyl (C=O) groups is 1. The molecule has 0 fully saturated rings. The summed E-state index contributed by atoms with van der Waals surface area (Å²) in [6.07, 6.45) is 3.65. The first-order chi connectivity index (χ1) is 8.91. The summed E-state index contributed by atoms with van der Waals surface area (Å²) in [6.45, 7) is 4.41. The van der Waals surface area contributed by atoms with Crippen LogP contribution in [0.4, 0.5) is 0 Å². The first-order valence-corrected chi connectivity index (χ1v) is 6.75. The summed E-state index contributed by atoms with van der Waals surface area (Å²) in [4.78, 5) is 8.89. The van der Waals surface area contributed by atoms with Gasteiger partial charge >= 0.3 is 0 Å². The zero-order chi connectivity index (χ0) is 15.1. The molecular weight excluding hydrogens is 250 g/mol. The predicted octanol–water partition coefficient (Wildman–Crippen LogP) is -1.27. The predicted molar refractivity (Wildman–Crippen MR) is 71.2 cm³/mol. The molecule has 0 unspecified atom stereocenters. The SMILES string of the molecule is CC(=O)[O-].C[N+](CCO)(CCCCO)CCCCO. The normalized spacial score (nSPS) is 10.8. The lowest BCUT2D eigenvalue weighted by Gasteiger charge is -2.34. The van der Waals surface area contributed by atoms with Gasteiger partial charge in [0.25, 0.3) is 0 Å². The van der Waals surface area contributed by atoms with E-state index in [-0.39, 0.29) is 19.8 Å². The van der Waals surface area contributed by atoms with Gasteiger partial charge in [-0.15, -0.1) is 0 Å². The van der Waals surface area contributed by atoms with E-state index in [2.05, 4.69) is 7.05 Å². The number of hydrogen-bond acceptors (Lipinski definition) is 5. The summed E-state index contributed by atoms with van der Waals surface area (Å²) in [5.74, 6) is -1.08. The van der Waals surface area contributed by atoms with Gasteiger partial charge < -0.3 is 29.7 Å². The van der Waals surface area contributed by atoms with Crippen molar-refractivity contribution in [1.82, 2.24) is 0 Å². The molecule has 0 bridgehead atoms. The molecule has 19 heavy (non-hydrogen) atoms. The quantitative estimate of drug-likeness (QED) is 0.342. The Balaban J connectivity index is 0. The van der Waals surface area contributed by atoms with E-state index in [9.17, 15) is 0 Å². The van der Waals surface area contributed by atoms with E-state index in [1.165, 1.54) is 0 Å². The number of rotatable bonds is 10. The molecule has 116 valence electrons. The van der Waals surface area contributed by atoms with E-state index < -0.39 is 5.97 Å². The number of aliphatic hydroxyl groups is 3. The molecule has 0 aromatic heterocycles. The summed E-state index contributed by atoms with van der Waals surface area (Å²) in [5, 5.41) is 35.3. The molecular formula is C13H29NO5. The Bertz CT molecular complexity index is 197. The highest BCUT2D eigenvalue weighted by Crippen LogP contribution is 2.08. The van der Waals surface area contributed by atoms with Gasteiger partial charge in [0.1, 0.15) is 6.54 Å². The molecule has 0 saturated heterocycles. The number of aliphatic carboxylic acids is 1. The van der Waals surface area contributed by atoms with Crippen LogP contribution in [0.1, 0.15) is 32.6 Å². The smallest absolute Gasteiger partial charge is 0.102 e. The monoisotopic (exact) mass is 279 g/mol. The van der Waals surface area contributed by atoms with Crippen LogP contribution in [0.25, 0.3) is 0 Å². The number of aliphatic hydroxyl groups excluding tert-OH is 3. The van der Waals surface area contributed by atoms with Crippen LogP contribution in [0.5, 0.6) is 0 Å². The van der Waals surface area contributed by atoms with Crippen molar-refractivity contribution in [1.29, 1.82) is 0 Å². The number of carboxylic acids is 1. The van der Waals surface area contributed by atoms with Gasteiger partial charge in [-0.2, -0.15) is 0 Å². The van der Waals surface area contributed by atoms with Crippen molar-refractivity contribution < 1.29 is 29.7 Å². The van der Waals surface area contributed by atoms with Crippen molar-refractivity contribution in [3.8, 4) is 0 Å². The van der Waals surface area contributed by atoms with E-state index in [1.54, 1.807) is 0 Å². The van der Waals surface area contributed by atoms with Crippen LogP contribution >= 0.6 is 0 Å². The van der Waals surface area contributed by atoms with Crippen molar-refractivity contribution in [3.05, 3.63) is 0 Å². The third-order valence-electron chi connectivity index (χ3n) is 2.85. The van der Waals surface area contributed by atoms with Crippen molar-refractivity contribution >= 4 is 5.97 Å². The molecule has 0 rings (SSSR count). The number of nitrogens with zero attached hydrogens (tertiary/aromatic N) is 1. The highest BCUT2D eigenvalue weighted by molar-refractivity contribution is 5.60. The molecule has 0 amide bonds. The minimum absolute atomic E-state index is 0.203. The Kier molecular flexibility index (Phi) is 14.9. The van der Waals surface area contributed by atoms with E-state index in [0.29, 0.717) is 0 Å². The van der Waals surface area contributed by atoms with Crippen molar-refractivity contribution in [2.24, 2.45) is 0 Å². The second-order valence-electron chi connectivity index (χ2n) is 4.87. The maximum Gasteiger partial charge on any atom is 0.102 e. The van der Waals surface area contributed by atoms with Gasteiger partial charge in [0.15, 0.2) is 0 Å². The summed E-state index contributed by atoms with van der Waals surface area (Å²) in [5.41, 5.74) is 0. The lowest BCUT2D eigenvalue weighted by atomic mass is 10.2. The molecule has 0 aliphatic heterocycles. The molecule has 0 heterocycles. The number of quaternary nitrogens is 1. The van der Waals surface area contributed by atoms with Crippen molar-refractivity contribution in [2.75, 3.05) is 46.5 Å². The standard InChI is InChI=1S/C11H26NO3.C2H4O2/c1-12(8-11-15,6-2-4-9-13)7-3-5-10-14;1-2(3)4/h13-15H,2-11H2,1H3;1H3,(H,3,4)/q+1;/p-1. The molecule has 0 aromatic carbocycles. The maximum atomic E-state index is 9.00. The minimum atomic E-state index is -1.08. The molecule has 0 saturated carbocycles. The number of carbonyl (C=O) groups excluding carboxylic acids is 1. The van der Waals surface area contributed by atoms with E-state index >= 15 is 0 Å². The summed E-state index contributed by atoms with van der Waals surface area (Å²) in [6, 6.07) is 0. The van der Waals surface area contributed by atoms with Gasteiger partial charge in [-0.25, -0.2) is 0 Å². The first kappa shape index (κ1) is 20.6. The fourth-order valence-corrected chi connectivity index (χ4v) is 1.79. The van der Waals surface area contributed by atoms with Gasteiger partial charge in [-0.1, -0.05) is 0 Å². The van der Waals surface area contributed by atoms with Crippen LogP contribution in [0.2, 0.25) is 0 Å². The van der Waals surface area contributed by atoms with E-state index in [0.717, 1.165) is 56.7 Å². The second kappa shape index (κ2) is 13.7. The average Bonchev–Trinajstić information content (AvgIpc) is 2.29. The Hall–Kier alpha value is -0.690. The molecule has 0 radical (unpaired) electrons. The number of hydrogen-bond donors (Lipinski definition) is 3. The highest BCUT2D eigenvalue weighted by atomic mass is 16.4. The van der Waals surface area contributed by atoms with Crippen LogP contribution in [-0.2, 0) is 4.79 Å². The largest absolute Gasteiger partial charge is 0.550 e. The summed E-state index contributed by atoms with van der Waals surface area (Å²) in [7, 11) is 2.13. The van der Waals surface area contributed by atoms with Crippen LogP contribution in [0.3, 0.4) is 0 Å². The van der Waals surface area contributed by atoms with Gasteiger partial charge in [0, 0.05) is 19.2 Å². The molecule has 0 spiro atoms. The number of unbranched alkanes of at least 4 members (excludes halogenated alkanes) is 2. The van der Waals surface area contributed by atoms with E-state index in [4.69, 9.17) is 25.2 Å².